The van der Waals surface area contributed by atoms with Gasteiger partial charge in [0, 0.05) is 23.5 Å². The molecule has 0 bridgehead atoms. The van der Waals surface area contributed by atoms with Gasteiger partial charge in [-0.15, -0.1) is 11.3 Å². The van der Waals surface area contributed by atoms with Crippen LogP contribution >= 0.6 is 11.3 Å². The molecule has 0 saturated carbocycles. The zero-order chi connectivity index (χ0) is 15.7. The average Bonchev–Trinajstić information content (AvgIpc) is 2.97. The average molecular weight is 320 g/mol. The molecule has 1 N–H and O–H groups in total. The zero-order valence-corrected chi connectivity index (χ0v) is 13.1. The smallest absolute Gasteiger partial charge is 0.335 e. The van der Waals surface area contributed by atoms with Crippen LogP contribution in [0.4, 0.5) is 9.52 Å². The molecule has 0 spiro atoms. The number of rotatable bonds is 3. The Labute approximate surface area is 132 Å². The first-order valence-electron chi connectivity index (χ1n) is 7.31. The molecule has 0 aliphatic carbocycles. The van der Waals surface area contributed by atoms with E-state index in [4.69, 9.17) is 5.11 Å². The van der Waals surface area contributed by atoms with Crippen LogP contribution in [0, 0.1) is 5.82 Å². The molecule has 0 unspecified atom stereocenters. The van der Waals surface area contributed by atoms with Gasteiger partial charge in [-0.3, -0.25) is 0 Å². The number of anilines is 1. The van der Waals surface area contributed by atoms with Crippen molar-refractivity contribution in [1.29, 1.82) is 0 Å². The minimum Gasteiger partial charge on any atom is -0.478 e. The van der Waals surface area contributed by atoms with Gasteiger partial charge in [0.05, 0.1) is 11.3 Å². The summed E-state index contributed by atoms with van der Waals surface area (Å²) >= 11 is 1.51. The number of halogens is 1. The molecule has 1 aliphatic heterocycles. The molecule has 3 rings (SSSR count). The van der Waals surface area contributed by atoms with Gasteiger partial charge in [-0.05, 0) is 44.4 Å². The minimum atomic E-state index is -1.13. The van der Waals surface area contributed by atoms with Crippen LogP contribution in [0.2, 0.25) is 0 Å². The third-order valence-corrected chi connectivity index (χ3v) is 4.91. The summed E-state index contributed by atoms with van der Waals surface area (Å²) in [5, 5.41) is 11.6. The molecule has 1 atom stereocenters. The van der Waals surface area contributed by atoms with Crippen LogP contribution in [-0.2, 0) is 0 Å². The van der Waals surface area contributed by atoms with E-state index in [-0.39, 0.29) is 5.56 Å². The second-order valence-electron chi connectivity index (χ2n) is 5.55. The highest BCUT2D eigenvalue weighted by atomic mass is 32.1. The van der Waals surface area contributed by atoms with Crippen LogP contribution in [0.1, 0.15) is 36.5 Å². The number of carboxylic acid groups (broad SMARTS) is 1. The van der Waals surface area contributed by atoms with E-state index >= 15 is 0 Å². The van der Waals surface area contributed by atoms with E-state index in [9.17, 15) is 9.18 Å². The van der Waals surface area contributed by atoms with Crippen molar-refractivity contribution in [3.63, 3.8) is 0 Å². The molecule has 1 aromatic carbocycles. The van der Waals surface area contributed by atoms with Gasteiger partial charge < -0.3 is 10.0 Å². The normalized spacial score (nSPS) is 18.5. The van der Waals surface area contributed by atoms with Gasteiger partial charge in [-0.25, -0.2) is 14.2 Å². The van der Waals surface area contributed by atoms with E-state index in [1.54, 1.807) is 0 Å². The molecule has 1 saturated heterocycles. The quantitative estimate of drug-likeness (QED) is 0.928. The number of aromatic nitrogens is 1. The van der Waals surface area contributed by atoms with Gasteiger partial charge >= 0.3 is 5.97 Å². The number of hydrogen-bond donors (Lipinski definition) is 1. The molecule has 1 fully saturated rings. The van der Waals surface area contributed by atoms with Crippen molar-refractivity contribution in [1.82, 2.24) is 4.98 Å². The fraction of sp³-hybridized carbons (Fsp3) is 0.375. The Morgan fingerprint density at radius 3 is 2.95 bits per heavy atom. The monoisotopic (exact) mass is 320 g/mol. The summed E-state index contributed by atoms with van der Waals surface area (Å²) in [5.74, 6) is -1.69. The molecular formula is C16H17FN2O2S. The Bertz CT molecular complexity index is 701. The number of hydrogen-bond acceptors (Lipinski definition) is 4. The highest BCUT2D eigenvalue weighted by molar-refractivity contribution is 7.14. The van der Waals surface area contributed by atoms with Crippen molar-refractivity contribution in [3.05, 3.63) is 35.0 Å². The number of thiazole rings is 1. The molecule has 0 amide bonds. The van der Waals surface area contributed by atoms with E-state index in [0.717, 1.165) is 30.6 Å². The molecule has 116 valence electrons. The second-order valence-corrected chi connectivity index (χ2v) is 6.39. The maximum Gasteiger partial charge on any atom is 0.335 e. The Morgan fingerprint density at radius 2 is 2.27 bits per heavy atom. The molecule has 1 aromatic heterocycles. The molecule has 6 heteroatoms. The summed E-state index contributed by atoms with van der Waals surface area (Å²) in [6, 6.07) is 4.38. The molecule has 4 nitrogen and oxygen atoms in total. The number of piperidine rings is 1. The maximum atomic E-state index is 14.1. The Balaban J connectivity index is 1.89. The Hall–Kier alpha value is -1.95. The fourth-order valence-corrected chi connectivity index (χ4v) is 3.71. The summed E-state index contributed by atoms with van der Waals surface area (Å²) in [6.07, 6.45) is 3.54. The van der Waals surface area contributed by atoms with Crippen molar-refractivity contribution in [2.75, 3.05) is 11.4 Å². The molecular weight excluding hydrogens is 303 g/mol. The highest BCUT2D eigenvalue weighted by Crippen LogP contribution is 2.32. The van der Waals surface area contributed by atoms with Crippen LogP contribution in [0.25, 0.3) is 11.3 Å². The lowest BCUT2D eigenvalue weighted by Gasteiger charge is -2.33. The van der Waals surface area contributed by atoms with Crippen molar-refractivity contribution < 1.29 is 14.3 Å². The lowest BCUT2D eigenvalue weighted by molar-refractivity contribution is 0.0696. The topological polar surface area (TPSA) is 53.4 Å². The molecule has 0 radical (unpaired) electrons. The van der Waals surface area contributed by atoms with Crippen LogP contribution in [0.5, 0.6) is 0 Å². The Kier molecular flexibility index (Phi) is 4.11. The van der Waals surface area contributed by atoms with Gasteiger partial charge in [0.2, 0.25) is 0 Å². The standard InChI is InChI=1S/C16H17FN2O2S/c1-10-4-2-3-7-19(10)16-18-14(9-22-16)12-6-5-11(15(20)21)8-13(12)17/h5-6,8-10H,2-4,7H2,1H3,(H,20,21)/t10-/m1/s1. The van der Waals surface area contributed by atoms with E-state index < -0.39 is 11.8 Å². The van der Waals surface area contributed by atoms with E-state index in [2.05, 4.69) is 16.8 Å². The summed E-state index contributed by atoms with van der Waals surface area (Å²) in [6.45, 7) is 3.16. The first-order valence-corrected chi connectivity index (χ1v) is 8.19. The first kappa shape index (κ1) is 15.0. The lowest BCUT2D eigenvalue weighted by atomic mass is 10.0. The summed E-state index contributed by atoms with van der Waals surface area (Å²) in [5.41, 5.74) is 0.853. The minimum absolute atomic E-state index is 0.0543. The van der Waals surface area contributed by atoms with Gasteiger partial charge in [-0.1, -0.05) is 0 Å². The number of aromatic carboxylic acids is 1. The molecule has 2 heterocycles. The number of carboxylic acids is 1. The predicted molar refractivity (Wildman–Crippen MR) is 85.1 cm³/mol. The highest BCUT2D eigenvalue weighted by Gasteiger charge is 2.22. The maximum absolute atomic E-state index is 14.1. The number of nitrogens with zero attached hydrogens (tertiary/aromatic N) is 2. The van der Waals surface area contributed by atoms with Gasteiger partial charge in [-0.2, -0.15) is 0 Å². The summed E-state index contributed by atoms with van der Waals surface area (Å²) in [4.78, 5) is 17.7. The largest absolute Gasteiger partial charge is 0.478 e. The third-order valence-electron chi connectivity index (χ3n) is 4.03. The molecule has 2 aromatic rings. The molecule has 1 aliphatic rings. The third kappa shape index (κ3) is 2.83. The van der Waals surface area contributed by atoms with Gasteiger partial charge in [0.1, 0.15) is 5.82 Å². The van der Waals surface area contributed by atoms with Crippen LogP contribution in [-0.4, -0.2) is 28.6 Å². The van der Waals surface area contributed by atoms with E-state index in [0.29, 0.717) is 17.3 Å². The first-order chi connectivity index (χ1) is 10.6. The van der Waals surface area contributed by atoms with Crippen molar-refractivity contribution in [3.8, 4) is 11.3 Å². The molecule has 22 heavy (non-hydrogen) atoms. The zero-order valence-electron chi connectivity index (χ0n) is 12.3. The van der Waals surface area contributed by atoms with Crippen LogP contribution in [0.15, 0.2) is 23.6 Å². The fourth-order valence-electron chi connectivity index (χ4n) is 2.76. The van der Waals surface area contributed by atoms with Gasteiger partial charge in [0.25, 0.3) is 0 Å². The second kappa shape index (κ2) is 6.04. The number of carbonyl (C=O) groups is 1. The van der Waals surface area contributed by atoms with Crippen molar-refractivity contribution in [2.24, 2.45) is 0 Å². The van der Waals surface area contributed by atoms with Crippen molar-refractivity contribution in [2.45, 2.75) is 32.2 Å². The number of benzene rings is 1. The van der Waals surface area contributed by atoms with Gasteiger partial charge in [0.15, 0.2) is 5.13 Å². The van der Waals surface area contributed by atoms with Crippen LogP contribution < -0.4 is 4.90 Å². The van der Waals surface area contributed by atoms with Crippen LogP contribution in [0.3, 0.4) is 0 Å². The van der Waals surface area contributed by atoms with Crippen molar-refractivity contribution >= 4 is 22.4 Å². The summed E-state index contributed by atoms with van der Waals surface area (Å²) in [7, 11) is 0. The predicted octanol–water partition coefficient (Wildman–Crippen LogP) is 4.03. The summed E-state index contributed by atoms with van der Waals surface area (Å²) < 4.78 is 14.1. The lowest BCUT2D eigenvalue weighted by Crippen LogP contribution is -2.37. The van der Waals surface area contributed by atoms with E-state index in [1.165, 1.54) is 29.9 Å². The van der Waals surface area contributed by atoms with E-state index in [1.807, 2.05) is 5.38 Å². The Morgan fingerprint density at radius 1 is 1.45 bits per heavy atom. The SMILES string of the molecule is C[C@@H]1CCCCN1c1nc(-c2ccc(C(=O)O)cc2F)cs1.